The molecule has 1 N–H and O–H groups in total. The first kappa shape index (κ1) is 24.1. The van der Waals surface area contributed by atoms with Crippen molar-refractivity contribution in [2.75, 3.05) is 39.9 Å². The Labute approximate surface area is 202 Å². The Hall–Kier alpha value is -0.510. The van der Waals surface area contributed by atoms with Crippen LogP contribution in [0.25, 0.3) is 0 Å². The topological polar surface area (TPSA) is 46.1 Å². The van der Waals surface area contributed by atoms with Gasteiger partial charge in [0.25, 0.3) is 0 Å². The molecule has 30 heavy (non-hydrogen) atoms. The zero-order chi connectivity index (χ0) is 19.9. The van der Waals surface area contributed by atoms with E-state index in [1.54, 1.807) is 0 Å². The van der Waals surface area contributed by atoms with Gasteiger partial charge in [-0.2, -0.15) is 0 Å². The molecule has 5 nitrogen and oxygen atoms in total. The van der Waals surface area contributed by atoms with E-state index in [0.717, 1.165) is 58.1 Å². The van der Waals surface area contributed by atoms with Gasteiger partial charge in [0, 0.05) is 42.9 Å². The van der Waals surface area contributed by atoms with E-state index < -0.39 is 0 Å². The fraction of sp³-hybridized carbons (Fsp3) is 0.696. The number of aliphatic imine (C=N–C) groups is 1. The van der Waals surface area contributed by atoms with Crippen molar-refractivity contribution in [1.29, 1.82) is 0 Å². The largest absolute Gasteiger partial charge is 0.376 e. The summed E-state index contributed by atoms with van der Waals surface area (Å²) in [4.78, 5) is 8.31. The molecule has 2 aliphatic heterocycles. The Kier molecular flexibility index (Phi) is 9.60. The van der Waals surface area contributed by atoms with Crippen LogP contribution in [0.3, 0.4) is 0 Å². The van der Waals surface area contributed by atoms with Crippen LogP contribution in [0.4, 0.5) is 0 Å². The fourth-order valence-electron chi connectivity index (χ4n) is 4.18. The minimum Gasteiger partial charge on any atom is -0.376 e. The van der Waals surface area contributed by atoms with Crippen LogP contribution in [0.2, 0.25) is 0 Å². The molecule has 4 rings (SSSR count). The van der Waals surface area contributed by atoms with Gasteiger partial charge in [-0.3, -0.25) is 4.99 Å². The van der Waals surface area contributed by atoms with Crippen molar-refractivity contribution < 1.29 is 9.47 Å². The summed E-state index contributed by atoms with van der Waals surface area (Å²) >= 11 is 2.01. The lowest BCUT2D eigenvalue weighted by Crippen LogP contribution is -2.48. The molecule has 2 heterocycles. The van der Waals surface area contributed by atoms with E-state index >= 15 is 0 Å². The molecule has 0 aromatic heterocycles. The van der Waals surface area contributed by atoms with Crippen LogP contribution in [0.5, 0.6) is 0 Å². The van der Waals surface area contributed by atoms with Crippen LogP contribution in [0.1, 0.15) is 44.9 Å². The summed E-state index contributed by atoms with van der Waals surface area (Å²) in [5, 5.41) is 3.65. The van der Waals surface area contributed by atoms with E-state index in [1.807, 2.05) is 18.8 Å². The van der Waals surface area contributed by atoms with Crippen LogP contribution < -0.4 is 5.32 Å². The summed E-state index contributed by atoms with van der Waals surface area (Å²) in [7, 11) is 1.90. The molecule has 3 fully saturated rings. The average Bonchev–Trinajstić information content (AvgIpc) is 3.54. The second-order valence-corrected chi connectivity index (χ2v) is 10.0. The van der Waals surface area contributed by atoms with Crippen LogP contribution >= 0.6 is 35.7 Å². The van der Waals surface area contributed by atoms with Gasteiger partial charge >= 0.3 is 0 Å². The average molecular weight is 546 g/mol. The van der Waals surface area contributed by atoms with Gasteiger partial charge in [-0.1, -0.05) is 18.2 Å². The number of piperidine rings is 1. The normalized spacial score (nSPS) is 24.2. The summed E-state index contributed by atoms with van der Waals surface area (Å²) in [5.74, 6) is 1.04. The zero-order valence-corrected chi connectivity index (χ0v) is 21.2. The number of nitrogens with one attached hydrogen (secondary N) is 1. The van der Waals surface area contributed by atoms with Crippen molar-refractivity contribution in [2.24, 2.45) is 4.99 Å². The molecule has 1 atom stereocenters. The van der Waals surface area contributed by atoms with Gasteiger partial charge in [0.2, 0.25) is 0 Å². The Balaban J connectivity index is 0.00000256. The lowest BCUT2D eigenvalue weighted by molar-refractivity contribution is -0.0721. The predicted molar refractivity (Wildman–Crippen MR) is 135 cm³/mol. The standard InChI is InChI=1S/C23H35N3O2S.HI/c1-24-22(25-18-23(12-13-23)29-21-8-3-2-4-9-21)26-14-10-19(11-15-26)28-17-20-7-5-6-16-27-20;/h2-4,8-9,19-20H,5-7,10-18H2,1H3,(H,24,25);1H. The molecule has 1 saturated carbocycles. The predicted octanol–water partition coefficient (Wildman–Crippen LogP) is 4.55. The monoisotopic (exact) mass is 545 g/mol. The van der Waals surface area contributed by atoms with Gasteiger partial charge in [-0.05, 0) is 57.1 Å². The smallest absolute Gasteiger partial charge is 0.193 e. The van der Waals surface area contributed by atoms with Crippen LogP contribution in [0, 0.1) is 0 Å². The Bertz CT molecular complexity index is 658. The number of nitrogens with zero attached hydrogens (tertiary/aromatic N) is 2. The van der Waals surface area contributed by atoms with Gasteiger partial charge in [0.15, 0.2) is 5.96 Å². The minimum atomic E-state index is 0. The summed E-state index contributed by atoms with van der Waals surface area (Å²) < 4.78 is 12.3. The van der Waals surface area contributed by atoms with E-state index in [-0.39, 0.29) is 24.0 Å². The first-order valence-electron chi connectivity index (χ1n) is 11.2. The third-order valence-electron chi connectivity index (χ3n) is 6.20. The molecular formula is C23H36IN3O2S. The molecule has 3 aliphatic rings. The third kappa shape index (κ3) is 7.00. The second kappa shape index (κ2) is 11.9. The number of hydrogen-bond donors (Lipinski definition) is 1. The number of rotatable bonds is 7. The maximum atomic E-state index is 6.16. The first-order chi connectivity index (χ1) is 14.3. The van der Waals surface area contributed by atoms with Crippen LogP contribution in [0.15, 0.2) is 40.2 Å². The van der Waals surface area contributed by atoms with E-state index in [2.05, 4.69) is 45.5 Å². The third-order valence-corrected chi connectivity index (χ3v) is 7.69. The van der Waals surface area contributed by atoms with Gasteiger partial charge in [0.05, 0.1) is 18.8 Å². The van der Waals surface area contributed by atoms with E-state index in [0.29, 0.717) is 17.0 Å². The van der Waals surface area contributed by atoms with E-state index in [4.69, 9.17) is 9.47 Å². The summed E-state index contributed by atoms with van der Waals surface area (Å²) in [5.41, 5.74) is 0. The summed E-state index contributed by atoms with van der Waals surface area (Å²) in [6, 6.07) is 10.7. The number of thioether (sulfide) groups is 1. The van der Waals surface area contributed by atoms with Gasteiger partial charge in [0.1, 0.15) is 0 Å². The zero-order valence-electron chi connectivity index (χ0n) is 18.1. The maximum absolute atomic E-state index is 6.16. The van der Waals surface area contributed by atoms with Gasteiger partial charge in [-0.15, -0.1) is 35.7 Å². The second-order valence-electron chi connectivity index (χ2n) is 8.51. The highest BCUT2D eigenvalue weighted by atomic mass is 127. The molecule has 2 saturated heterocycles. The van der Waals surface area contributed by atoms with Crippen molar-refractivity contribution in [3.05, 3.63) is 30.3 Å². The first-order valence-corrected chi connectivity index (χ1v) is 12.0. The molecular weight excluding hydrogens is 509 g/mol. The highest BCUT2D eigenvalue weighted by molar-refractivity contribution is 14.0. The molecule has 1 aromatic rings. The molecule has 0 radical (unpaired) electrons. The Morgan fingerprint density at radius 3 is 2.60 bits per heavy atom. The molecule has 168 valence electrons. The number of benzene rings is 1. The molecule has 0 spiro atoms. The number of halogens is 1. The number of ether oxygens (including phenoxy) is 2. The van der Waals surface area contributed by atoms with E-state index in [1.165, 1.54) is 30.6 Å². The molecule has 1 aliphatic carbocycles. The highest BCUT2D eigenvalue weighted by Gasteiger charge is 2.44. The number of likely N-dealkylation sites (tertiary alicyclic amines) is 1. The van der Waals surface area contributed by atoms with Crippen LogP contribution in [-0.2, 0) is 9.47 Å². The quantitative estimate of drug-likeness (QED) is 0.310. The Morgan fingerprint density at radius 2 is 1.97 bits per heavy atom. The van der Waals surface area contributed by atoms with Crippen molar-refractivity contribution in [2.45, 2.75) is 66.8 Å². The molecule has 1 unspecified atom stereocenters. The summed E-state index contributed by atoms with van der Waals surface area (Å²) in [6.45, 7) is 4.66. The SMILES string of the molecule is CN=C(NCC1(Sc2ccccc2)CC1)N1CCC(OCC2CCCCO2)CC1.I. The number of guanidine groups is 1. The van der Waals surface area contributed by atoms with Crippen molar-refractivity contribution in [3.8, 4) is 0 Å². The highest BCUT2D eigenvalue weighted by Crippen LogP contribution is 2.51. The van der Waals surface area contributed by atoms with E-state index in [9.17, 15) is 0 Å². The number of hydrogen-bond acceptors (Lipinski definition) is 4. The molecule has 0 amide bonds. The van der Waals surface area contributed by atoms with Crippen molar-refractivity contribution in [1.82, 2.24) is 10.2 Å². The minimum absolute atomic E-state index is 0. The Morgan fingerprint density at radius 1 is 1.20 bits per heavy atom. The van der Waals surface area contributed by atoms with Crippen molar-refractivity contribution >= 4 is 41.7 Å². The lowest BCUT2D eigenvalue weighted by atomic mass is 10.1. The lowest BCUT2D eigenvalue weighted by Gasteiger charge is -2.35. The molecule has 1 aromatic carbocycles. The molecule has 7 heteroatoms. The summed E-state index contributed by atoms with van der Waals surface area (Å²) in [6.07, 6.45) is 8.98. The van der Waals surface area contributed by atoms with Crippen molar-refractivity contribution in [3.63, 3.8) is 0 Å². The van der Waals surface area contributed by atoms with Gasteiger partial charge < -0.3 is 19.7 Å². The maximum Gasteiger partial charge on any atom is 0.193 e. The van der Waals surface area contributed by atoms with Crippen LogP contribution in [-0.4, -0.2) is 67.7 Å². The fourth-order valence-corrected chi connectivity index (χ4v) is 5.43. The van der Waals surface area contributed by atoms with Gasteiger partial charge in [-0.25, -0.2) is 0 Å². The molecule has 0 bridgehead atoms.